The number of piperidine rings is 1. The third-order valence-electron chi connectivity index (χ3n) is 3.17. The summed E-state index contributed by atoms with van der Waals surface area (Å²) in [5, 5.41) is 0. The molecule has 1 aromatic carbocycles. The first kappa shape index (κ1) is 13.2. The molecule has 0 aliphatic carbocycles. The van der Waals surface area contributed by atoms with E-state index >= 15 is 0 Å². The maximum absolute atomic E-state index is 12.1. The summed E-state index contributed by atoms with van der Waals surface area (Å²) in [6.07, 6.45) is 3.36. The van der Waals surface area contributed by atoms with Crippen molar-refractivity contribution in [3.8, 4) is 5.75 Å². The molecule has 1 unspecified atom stereocenters. The molecule has 2 N–H and O–H groups in total. The van der Waals surface area contributed by atoms with E-state index in [2.05, 4.69) is 9.64 Å². The van der Waals surface area contributed by atoms with Gasteiger partial charge in [0.2, 0.25) is 0 Å². The zero-order chi connectivity index (χ0) is 13.0. The lowest BCUT2D eigenvalue weighted by atomic mass is 10.1. The van der Waals surface area contributed by atoms with Gasteiger partial charge in [-0.05, 0) is 43.5 Å². The van der Waals surface area contributed by atoms with Crippen LogP contribution in [0.3, 0.4) is 0 Å². The summed E-state index contributed by atoms with van der Waals surface area (Å²) in [6, 6.07) is 6.81. The summed E-state index contributed by atoms with van der Waals surface area (Å²) >= 11 is 0. The van der Waals surface area contributed by atoms with E-state index in [0.717, 1.165) is 31.4 Å². The smallest absolute Gasteiger partial charge is 0.387 e. The number of hydrogen-bond acceptors (Lipinski definition) is 3. The second-order valence-corrected chi connectivity index (χ2v) is 4.56. The molecule has 100 valence electrons. The highest BCUT2D eigenvalue weighted by molar-refractivity contribution is 5.28. The molecule has 1 aliphatic rings. The van der Waals surface area contributed by atoms with E-state index in [1.807, 2.05) is 6.07 Å². The molecule has 0 radical (unpaired) electrons. The first-order valence-corrected chi connectivity index (χ1v) is 6.18. The number of hydrogen-bond donors (Lipinski definition) is 1. The first-order chi connectivity index (χ1) is 8.65. The normalized spacial score (nSPS) is 21.2. The van der Waals surface area contributed by atoms with Crippen LogP contribution in [0.5, 0.6) is 5.75 Å². The van der Waals surface area contributed by atoms with Crippen LogP contribution in [0.2, 0.25) is 0 Å². The molecule has 5 heteroatoms. The summed E-state index contributed by atoms with van der Waals surface area (Å²) in [6.45, 7) is -1.14. The molecule has 0 bridgehead atoms. The Labute approximate surface area is 106 Å². The molecule has 1 aliphatic heterocycles. The van der Waals surface area contributed by atoms with Crippen LogP contribution in [0.4, 0.5) is 8.78 Å². The molecule has 0 amide bonds. The largest absolute Gasteiger partial charge is 0.435 e. The molecule has 1 atom stereocenters. The molecule has 2 rings (SSSR count). The van der Waals surface area contributed by atoms with Crippen molar-refractivity contribution >= 4 is 0 Å². The number of benzene rings is 1. The highest BCUT2D eigenvalue weighted by Gasteiger charge is 2.18. The average molecular weight is 256 g/mol. The molecule has 0 spiro atoms. The van der Waals surface area contributed by atoms with Gasteiger partial charge in [-0.25, -0.2) is 0 Å². The van der Waals surface area contributed by atoms with Crippen LogP contribution in [0.25, 0.3) is 0 Å². The molecule has 18 heavy (non-hydrogen) atoms. The van der Waals surface area contributed by atoms with Crippen molar-refractivity contribution in [3.05, 3.63) is 29.8 Å². The number of halogens is 2. The van der Waals surface area contributed by atoms with E-state index in [1.165, 1.54) is 6.07 Å². The first-order valence-electron chi connectivity index (χ1n) is 6.18. The van der Waals surface area contributed by atoms with Crippen LogP contribution in [0.15, 0.2) is 24.3 Å². The van der Waals surface area contributed by atoms with E-state index in [0.29, 0.717) is 6.54 Å². The molecule has 0 saturated carbocycles. The van der Waals surface area contributed by atoms with Crippen molar-refractivity contribution in [1.29, 1.82) is 0 Å². The SMILES string of the molecule is NC1CCCCN1Cc1cccc(OC(F)F)c1. The molecule has 1 saturated heterocycles. The van der Waals surface area contributed by atoms with Gasteiger partial charge in [0.1, 0.15) is 5.75 Å². The monoisotopic (exact) mass is 256 g/mol. The Morgan fingerprint density at radius 1 is 1.39 bits per heavy atom. The van der Waals surface area contributed by atoms with Crippen molar-refractivity contribution in [1.82, 2.24) is 4.90 Å². The quantitative estimate of drug-likeness (QED) is 0.899. The second-order valence-electron chi connectivity index (χ2n) is 4.56. The maximum Gasteiger partial charge on any atom is 0.387 e. The predicted octanol–water partition coefficient (Wildman–Crippen LogP) is 2.56. The van der Waals surface area contributed by atoms with Gasteiger partial charge >= 0.3 is 6.61 Å². The maximum atomic E-state index is 12.1. The van der Waals surface area contributed by atoms with E-state index < -0.39 is 6.61 Å². The minimum atomic E-state index is -2.78. The van der Waals surface area contributed by atoms with Gasteiger partial charge in [-0.15, -0.1) is 0 Å². The fourth-order valence-electron chi connectivity index (χ4n) is 2.27. The molecule has 1 aromatic rings. The highest BCUT2D eigenvalue weighted by Crippen LogP contribution is 2.20. The Hall–Kier alpha value is -1.20. The Morgan fingerprint density at radius 3 is 2.94 bits per heavy atom. The van der Waals surface area contributed by atoms with Crippen LogP contribution in [0, 0.1) is 0 Å². The lowest BCUT2D eigenvalue weighted by Gasteiger charge is -2.33. The summed E-state index contributed by atoms with van der Waals surface area (Å²) in [7, 11) is 0. The molecule has 1 heterocycles. The average Bonchev–Trinajstić information content (AvgIpc) is 2.32. The zero-order valence-electron chi connectivity index (χ0n) is 10.2. The number of nitrogens with two attached hydrogens (primary N) is 1. The number of rotatable bonds is 4. The lowest BCUT2D eigenvalue weighted by molar-refractivity contribution is -0.0499. The predicted molar refractivity (Wildman–Crippen MR) is 65.3 cm³/mol. The molecular formula is C13H18F2N2O. The fourth-order valence-corrected chi connectivity index (χ4v) is 2.27. The van der Waals surface area contributed by atoms with Gasteiger partial charge in [-0.2, -0.15) is 8.78 Å². The van der Waals surface area contributed by atoms with Crippen molar-refractivity contribution in [2.75, 3.05) is 6.54 Å². The number of ether oxygens (including phenoxy) is 1. The number of alkyl halides is 2. The van der Waals surface area contributed by atoms with E-state index in [1.54, 1.807) is 12.1 Å². The topological polar surface area (TPSA) is 38.5 Å². The van der Waals surface area contributed by atoms with E-state index in [4.69, 9.17) is 5.73 Å². The van der Waals surface area contributed by atoms with E-state index in [-0.39, 0.29) is 11.9 Å². The molecule has 1 fully saturated rings. The van der Waals surface area contributed by atoms with Crippen LogP contribution >= 0.6 is 0 Å². The Bertz CT molecular complexity index is 387. The van der Waals surface area contributed by atoms with Gasteiger partial charge < -0.3 is 10.5 Å². The van der Waals surface area contributed by atoms with Gasteiger partial charge in [0.05, 0.1) is 6.17 Å². The molecule has 3 nitrogen and oxygen atoms in total. The summed E-state index contributed by atoms with van der Waals surface area (Å²) in [5.41, 5.74) is 6.97. The van der Waals surface area contributed by atoms with Gasteiger partial charge in [-0.1, -0.05) is 12.1 Å². The van der Waals surface area contributed by atoms with Gasteiger partial charge in [0, 0.05) is 6.54 Å². The zero-order valence-corrected chi connectivity index (χ0v) is 10.2. The Morgan fingerprint density at radius 2 is 2.22 bits per heavy atom. The van der Waals surface area contributed by atoms with Crippen molar-refractivity contribution < 1.29 is 13.5 Å². The number of likely N-dealkylation sites (tertiary alicyclic amines) is 1. The van der Waals surface area contributed by atoms with Gasteiger partial charge in [0.15, 0.2) is 0 Å². The summed E-state index contributed by atoms with van der Waals surface area (Å²) in [5.74, 6) is 0.202. The lowest BCUT2D eigenvalue weighted by Crippen LogP contribution is -2.44. The highest BCUT2D eigenvalue weighted by atomic mass is 19.3. The standard InChI is InChI=1S/C13H18F2N2O/c14-13(15)18-11-5-3-4-10(8-11)9-17-7-2-1-6-12(17)16/h3-5,8,12-13H,1-2,6-7,9,16H2. The fraction of sp³-hybridized carbons (Fsp3) is 0.538. The van der Waals surface area contributed by atoms with Crippen LogP contribution in [-0.4, -0.2) is 24.2 Å². The minimum absolute atomic E-state index is 0.0680. The van der Waals surface area contributed by atoms with Crippen LogP contribution < -0.4 is 10.5 Å². The molecule has 0 aromatic heterocycles. The third kappa shape index (κ3) is 3.65. The molecular weight excluding hydrogens is 238 g/mol. The van der Waals surface area contributed by atoms with Crippen molar-refractivity contribution in [2.24, 2.45) is 5.73 Å². The van der Waals surface area contributed by atoms with Crippen molar-refractivity contribution in [2.45, 2.75) is 38.6 Å². The van der Waals surface area contributed by atoms with Crippen LogP contribution in [0.1, 0.15) is 24.8 Å². The summed E-state index contributed by atoms with van der Waals surface area (Å²) < 4.78 is 28.6. The van der Waals surface area contributed by atoms with Gasteiger partial charge in [0.25, 0.3) is 0 Å². The Balaban J connectivity index is 1.99. The Kier molecular flexibility index (Phi) is 4.49. The minimum Gasteiger partial charge on any atom is -0.435 e. The van der Waals surface area contributed by atoms with Crippen molar-refractivity contribution in [3.63, 3.8) is 0 Å². The number of nitrogens with zero attached hydrogens (tertiary/aromatic N) is 1. The van der Waals surface area contributed by atoms with Crippen LogP contribution in [-0.2, 0) is 6.54 Å². The van der Waals surface area contributed by atoms with E-state index in [9.17, 15) is 8.78 Å². The summed E-state index contributed by atoms with van der Waals surface area (Å²) in [4.78, 5) is 2.17. The third-order valence-corrected chi connectivity index (χ3v) is 3.17. The van der Waals surface area contributed by atoms with Gasteiger partial charge in [-0.3, -0.25) is 4.90 Å². The second kappa shape index (κ2) is 6.11.